The average Bonchev–Trinajstić information content (AvgIpc) is 3.73. The minimum Gasteiger partial charge on any atom is -0.427 e. The van der Waals surface area contributed by atoms with Crippen molar-refractivity contribution in [3.8, 4) is 11.5 Å². The number of carbonyl (C=O) groups excluding carboxylic acids is 6. The molecule has 2 atom stereocenters. The molecule has 350 valence electrons. The van der Waals surface area contributed by atoms with Crippen molar-refractivity contribution in [3.63, 3.8) is 0 Å². The first-order valence-corrected chi connectivity index (χ1v) is 24.3. The van der Waals surface area contributed by atoms with Crippen LogP contribution in [0.5, 0.6) is 11.5 Å². The van der Waals surface area contributed by atoms with Crippen LogP contribution < -0.4 is 29.5 Å². The number of anilines is 4. The van der Waals surface area contributed by atoms with E-state index in [9.17, 15) is 28.8 Å². The van der Waals surface area contributed by atoms with Gasteiger partial charge >= 0.3 is 11.9 Å². The van der Waals surface area contributed by atoms with Crippen molar-refractivity contribution < 1.29 is 38.2 Å². The zero-order chi connectivity index (χ0) is 46.7. The number of rotatable bonds is 27. The van der Waals surface area contributed by atoms with E-state index in [-0.39, 0.29) is 35.6 Å². The van der Waals surface area contributed by atoms with Gasteiger partial charge in [-0.05, 0) is 98.5 Å². The second-order valence-electron chi connectivity index (χ2n) is 17.3. The molecule has 0 saturated carbocycles. The highest BCUT2D eigenvalue weighted by Gasteiger charge is 2.47. The SMILES string of the molecule is CCCCC1C(=O)N(c2ccccc2)N(c2ccc(OC(=O)CCCCCCCCCCCCCCC(=O)Oc3ccc(N4C(=O)C(CCCC)C(=O)N4c4ccccc4)cc3)cc2)C1=O. The Balaban J connectivity index is 0.790. The topological polar surface area (TPSA) is 134 Å². The monoisotopic (exact) mass is 898 g/mol. The van der Waals surface area contributed by atoms with Gasteiger partial charge in [-0.25, -0.2) is 20.0 Å². The molecule has 4 aromatic carbocycles. The van der Waals surface area contributed by atoms with Gasteiger partial charge in [0, 0.05) is 12.8 Å². The normalized spacial score (nSPS) is 16.2. The molecule has 66 heavy (non-hydrogen) atoms. The summed E-state index contributed by atoms with van der Waals surface area (Å²) >= 11 is 0. The Morgan fingerprint density at radius 3 is 0.939 bits per heavy atom. The van der Waals surface area contributed by atoms with Crippen LogP contribution in [0.4, 0.5) is 22.7 Å². The smallest absolute Gasteiger partial charge is 0.311 e. The number of esters is 2. The van der Waals surface area contributed by atoms with Crippen LogP contribution >= 0.6 is 0 Å². The van der Waals surface area contributed by atoms with Gasteiger partial charge in [0.25, 0.3) is 23.6 Å². The highest BCUT2D eigenvalue weighted by atomic mass is 16.5. The van der Waals surface area contributed by atoms with E-state index in [0.29, 0.717) is 59.9 Å². The predicted molar refractivity (Wildman–Crippen MR) is 258 cm³/mol. The van der Waals surface area contributed by atoms with Gasteiger partial charge in [-0.1, -0.05) is 140 Å². The van der Waals surface area contributed by atoms with Crippen LogP contribution in [-0.4, -0.2) is 35.6 Å². The fourth-order valence-corrected chi connectivity index (χ4v) is 8.60. The van der Waals surface area contributed by atoms with E-state index in [0.717, 1.165) is 77.0 Å². The van der Waals surface area contributed by atoms with Crippen LogP contribution in [-0.2, 0) is 28.8 Å². The summed E-state index contributed by atoms with van der Waals surface area (Å²) in [6, 6.07) is 31.9. The lowest BCUT2D eigenvalue weighted by Crippen LogP contribution is -2.41. The van der Waals surface area contributed by atoms with Crippen LogP contribution in [0.3, 0.4) is 0 Å². The first-order valence-electron chi connectivity index (χ1n) is 24.3. The Bertz CT molecular complexity index is 2040. The number of amides is 4. The van der Waals surface area contributed by atoms with Gasteiger partial charge in [-0.15, -0.1) is 0 Å². The molecule has 0 bridgehead atoms. The maximum absolute atomic E-state index is 13.5. The van der Waals surface area contributed by atoms with Crippen molar-refractivity contribution >= 4 is 58.3 Å². The number of hydrogen-bond acceptors (Lipinski definition) is 8. The summed E-state index contributed by atoms with van der Waals surface area (Å²) in [7, 11) is 0. The molecule has 2 aliphatic heterocycles. The molecule has 2 aliphatic rings. The van der Waals surface area contributed by atoms with Gasteiger partial charge in [0.05, 0.1) is 22.7 Å². The lowest BCUT2D eigenvalue weighted by atomic mass is 10.0. The summed E-state index contributed by atoms with van der Waals surface area (Å²) in [6.07, 6.45) is 17.7. The van der Waals surface area contributed by atoms with Crippen molar-refractivity contribution in [1.29, 1.82) is 0 Å². The van der Waals surface area contributed by atoms with E-state index in [4.69, 9.17) is 9.47 Å². The third-order valence-electron chi connectivity index (χ3n) is 12.3. The van der Waals surface area contributed by atoms with Crippen molar-refractivity contribution in [3.05, 3.63) is 109 Å². The van der Waals surface area contributed by atoms with Crippen molar-refractivity contribution in [2.45, 2.75) is 142 Å². The van der Waals surface area contributed by atoms with Crippen molar-refractivity contribution in [1.82, 2.24) is 0 Å². The summed E-state index contributed by atoms with van der Waals surface area (Å²) in [5.74, 6) is -2.16. The maximum Gasteiger partial charge on any atom is 0.311 e. The molecule has 2 unspecified atom stereocenters. The summed E-state index contributed by atoms with van der Waals surface area (Å²) in [6.45, 7) is 4.08. The predicted octanol–water partition coefficient (Wildman–Crippen LogP) is 11.9. The minimum absolute atomic E-state index is 0.230. The van der Waals surface area contributed by atoms with Crippen LogP contribution in [0.1, 0.15) is 142 Å². The first kappa shape index (κ1) is 49.1. The van der Waals surface area contributed by atoms with Gasteiger partial charge in [0.1, 0.15) is 23.3 Å². The van der Waals surface area contributed by atoms with E-state index < -0.39 is 11.8 Å². The Morgan fingerprint density at radius 2 is 0.652 bits per heavy atom. The largest absolute Gasteiger partial charge is 0.427 e. The fourth-order valence-electron chi connectivity index (χ4n) is 8.60. The highest BCUT2D eigenvalue weighted by Crippen LogP contribution is 2.36. The molecule has 0 spiro atoms. The van der Waals surface area contributed by atoms with Gasteiger partial charge in [0.15, 0.2) is 0 Å². The number of hydrazine groups is 2. The van der Waals surface area contributed by atoms with E-state index in [1.165, 1.54) is 45.7 Å². The van der Waals surface area contributed by atoms with Gasteiger partial charge in [-0.2, -0.15) is 0 Å². The number of unbranched alkanes of at least 4 members (excludes halogenated alkanes) is 13. The molecule has 0 aromatic heterocycles. The quantitative estimate of drug-likeness (QED) is 0.0250. The van der Waals surface area contributed by atoms with E-state index in [1.54, 1.807) is 48.5 Å². The third kappa shape index (κ3) is 13.2. The molecule has 4 amide bonds. The molecule has 4 aromatic rings. The van der Waals surface area contributed by atoms with Crippen LogP contribution in [0.25, 0.3) is 0 Å². The second kappa shape index (κ2) is 25.4. The van der Waals surface area contributed by atoms with Crippen molar-refractivity contribution in [2.75, 3.05) is 20.0 Å². The average molecular weight is 899 g/mol. The molecule has 0 aliphatic carbocycles. The molecule has 12 nitrogen and oxygen atoms in total. The maximum atomic E-state index is 13.5. The summed E-state index contributed by atoms with van der Waals surface area (Å²) < 4.78 is 11.2. The highest BCUT2D eigenvalue weighted by molar-refractivity contribution is 6.23. The molecule has 2 heterocycles. The lowest BCUT2D eigenvalue weighted by Gasteiger charge is -2.27. The molecular formula is C54H66N4O8. The number of benzene rings is 4. The zero-order valence-corrected chi connectivity index (χ0v) is 38.7. The number of para-hydroxylation sites is 2. The zero-order valence-electron chi connectivity index (χ0n) is 38.7. The van der Waals surface area contributed by atoms with Gasteiger partial charge < -0.3 is 9.47 Å². The third-order valence-corrected chi connectivity index (χ3v) is 12.3. The summed E-state index contributed by atoms with van der Waals surface area (Å²) in [5, 5.41) is 5.78. The first-order chi connectivity index (χ1) is 32.2. The number of ether oxygens (including phenoxy) is 2. The van der Waals surface area contributed by atoms with E-state index in [1.807, 2.05) is 74.5 Å². The number of nitrogens with zero attached hydrogens (tertiary/aromatic N) is 4. The van der Waals surface area contributed by atoms with Crippen LogP contribution in [0, 0.1) is 11.8 Å². The Hall–Kier alpha value is -6.30. The molecular weight excluding hydrogens is 833 g/mol. The molecule has 0 N–H and O–H groups in total. The Labute approximate surface area is 390 Å². The fraction of sp³-hybridized carbons (Fsp3) is 0.444. The Morgan fingerprint density at radius 1 is 0.379 bits per heavy atom. The van der Waals surface area contributed by atoms with Crippen LogP contribution in [0.15, 0.2) is 109 Å². The minimum atomic E-state index is -0.720. The summed E-state index contributed by atoms with van der Waals surface area (Å²) in [4.78, 5) is 78.9. The number of hydrogen-bond donors (Lipinski definition) is 0. The molecule has 2 saturated heterocycles. The molecule has 2 fully saturated rings. The lowest BCUT2D eigenvalue weighted by molar-refractivity contribution is -0.135. The standard InChI is InChI=1S/C54H66N4O8/c1-3-5-29-47-51(61)55(41-25-19-17-20-26-41)57(53(47)63)43-33-37-45(38-34-43)65-49(59)31-23-15-13-11-9-7-8-10-12-14-16-24-32-50(60)66-46-39-35-44(36-40-46)58-54(64)48(30-6-4-2)52(62)56(58)42-27-21-18-22-28-42/h17-22,25-28,33-40,47-48H,3-16,23-24,29-32H2,1-2H3. The molecule has 0 radical (unpaired) electrons. The second-order valence-corrected chi connectivity index (χ2v) is 17.3. The van der Waals surface area contributed by atoms with E-state index in [2.05, 4.69) is 0 Å². The summed E-state index contributed by atoms with van der Waals surface area (Å²) in [5.41, 5.74) is 2.34. The van der Waals surface area contributed by atoms with E-state index >= 15 is 0 Å². The van der Waals surface area contributed by atoms with Crippen LogP contribution in [0.2, 0.25) is 0 Å². The van der Waals surface area contributed by atoms with Gasteiger partial charge in [-0.3, -0.25) is 28.8 Å². The molecule has 12 heteroatoms. The number of carbonyl (C=O) groups is 6. The van der Waals surface area contributed by atoms with Gasteiger partial charge in [0.2, 0.25) is 0 Å². The molecule has 6 rings (SSSR count). The van der Waals surface area contributed by atoms with Crippen molar-refractivity contribution in [2.24, 2.45) is 11.8 Å². The Kier molecular flexibility index (Phi) is 18.9.